The van der Waals surface area contributed by atoms with Crippen LogP contribution >= 0.6 is 0 Å². The van der Waals surface area contributed by atoms with Crippen LogP contribution in [0, 0.1) is 0 Å². The van der Waals surface area contributed by atoms with Crippen LogP contribution in [0.5, 0.6) is 0 Å². The third-order valence-corrected chi connectivity index (χ3v) is 4.03. The molecule has 15 heavy (non-hydrogen) atoms. The van der Waals surface area contributed by atoms with Gasteiger partial charge in [0.15, 0.2) is 0 Å². The number of nitrogens with zero attached hydrogens (tertiary/aromatic N) is 1. The second-order valence-electron chi connectivity index (χ2n) is 5.05. The van der Waals surface area contributed by atoms with E-state index < -0.39 is 0 Å². The smallest absolute Gasteiger partial charge is 0.0611 e. The normalized spacial score (nSPS) is 31.8. The molecule has 3 heteroatoms. The Morgan fingerprint density at radius 3 is 2.47 bits per heavy atom. The number of rotatable bonds is 5. The fourth-order valence-corrected chi connectivity index (χ4v) is 2.78. The Labute approximate surface area is 93.6 Å². The molecule has 0 spiro atoms. The zero-order valence-corrected chi connectivity index (χ0v) is 10.4. The minimum atomic E-state index is -0.315. The number of aliphatic hydroxyl groups excluding tert-OH is 1. The first-order valence-corrected chi connectivity index (χ1v) is 6.18. The maximum absolute atomic E-state index is 9.23. The minimum Gasteiger partial charge on any atom is -0.394 e. The second kappa shape index (κ2) is 5.28. The molecule has 0 saturated heterocycles. The van der Waals surface area contributed by atoms with Crippen molar-refractivity contribution in [1.82, 2.24) is 4.90 Å². The van der Waals surface area contributed by atoms with Crippen LogP contribution in [0.3, 0.4) is 0 Å². The Morgan fingerprint density at radius 1 is 1.47 bits per heavy atom. The van der Waals surface area contributed by atoms with Crippen LogP contribution in [-0.4, -0.2) is 41.3 Å². The predicted octanol–water partition coefficient (Wildman–Crippen LogP) is 1.35. The summed E-state index contributed by atoms with van der Waals surface area (Å²) in [6.07, 6.45) is 5.42. The Bertz CT molecular complexity index is 194. The standard InChI is InChI=1S/C12H26N2O/c1-4-10(5-2)14(3)11-6-7-12(13,8-11)9-15/h10-11,15H,4-9,13H2,1-3H3. The van der Waals surface area contributed by atoms with E-state index in [9.17, 15) is 5.11 Å². The molecule has 1 fully saturated rings. The molecule has 0 bridgehead atoms. The summed E-state index contributed by atoms with van der Waals surface area (Å²) >= 11 is 0. The maximum Gasteiger partial charge on any atom is 0.0611 e. The number of hydrogen-bond donors (Lipinski definition) is 2. The van der Waals surface area contributed by atoms with Crippen LogP contribution in [0.4, 0.5) is 0 Å². The van der Waals surface area contributed by atoms with Crippen LogP contribution in [-0.2, 0) is 0 Å². The Kier molecular flexibility index (Phi) is 4.56. The summed E-state index contributed by atoms with van der Waals surface area (Å²) in [4.78, 5) is 2.46. The summed E-state index contributed by atoms with van der Waals surface area (Å²) in [5.74, 6) is 0. The van der Waals surface area contributed by atoms with Gasteiger partial charge in [-0.3, -0.25) is 0 Å². The van der Waals surface area contributed by atoms with Crippen molar-refractivity contribution in [2.24, 2.45) is 5.73 Å². The van der Waals surface area contributed by atoms with Crippen LogP contribution in [0.1, 0.15) is 46.0 Å². The van der Waals surface area contributed by atoms with Crippen molar-refractivity contribution < 1.29 is 5.11 Å². The van der Waals surface area contributed by atoms with Gasteiger partial charge < -0.3 is 15.7 Å². The largest absolute Gasteiger partial charge is 0.394 e. The predicted molar refractivity (Wildman–Crippen MR) is 63.8 cm³/mol. The van der Waals surface area contributed by atoms with Crippen LogP contribution in [0.2, 0.25) is 0 Å². The molecule has 0 radical (unpaired) electrons. The van der Waals surface area contributed by atoms with Gasteiger partial charge in [-0.15, -0.1) is 0 Å². The van der Waals surface area contributed by atoms with Gasteiger partial charge in [-0.05, 0) is 39.2 Å². The summed E-state index contributed by atoms with van der Waals surface area (Å²) in [6, 6.07) is 1.23. The lowest BCUT2D eigenvalue weighted by atomic mass is 10.00. The Morgan fingerprint density at radius 2 is 2.07 bits per heavy atom. The molecule has 3 N–H and O–H groups in total. The van der Waals surface area contributed by atoms with Crippen LogP contribution < -0.4 is 5.73 Å². The molecule has 0 amide bonds. The first kappa shape index (κ1) is 12.9. The number of aliphatic hydroxyl groups is 1. The fourth-order valence-electron chi connectivity index (χ4n) is 2.78. The molecule has 1 aliphatic carbocycles. The van der Waals surface area contributed by atoms with E-state index >= 15 is 0 Å². The zero-order valence-electron chi connectivity index (χ0n) is 10.4. The maximum atomic E-state index is 9.23. The first-order valence-electron chi connectivity index (χ1n) is 6.18. The molecule has 2 atom stereocenters. The van der Waals surface area contributed by atoms with Crippen molar-refractivity contribution in [2.75, 3.05) is 13.7 Å². The molecule has 1 saturated carbocycles. The van der Waals surface area contributed by atoms with Gasteiger partial charge in [0.2, 0.25) is 0 Å². The lowest BCUT2D eigenvalue weighted by molar-refractivity contribution is 0.146. The highest BCUT2D eigenvalue weighted by atomic mass is 16.3. The van der Waals surface area contributed by atoms with Crippen molar-refractivity contribution in [3.05, 3.63) is 0 Å². The van der Waals surface area contributed by atoms with Crippen molar-refractivity contribution in [1.29, 1.82) is 0 Å². The van der Waals surface area contributed by atoms with Gasteiger partial charge in [0.05, 0.1) is 6.61 Å². The molecule has 3 nitrogen and oxygen atoms in total. The lowest BCUT2D eigenvalue weighted by Crippen LogP contribution is -2.44. The summed E-state index contributed by atoms with van der Waals surface area (Å²) in [7, 11) is 2.20. The van der Waals surface area contributed by atoms with Crippen molar-refractivity contribution in [3.8, 4) is 0 Å². The third-order valence-electron chi connectivity index (χ3n) is 4.03. The van der Waals surface area contributed by atoms with Crippen LogP contribution in [0.25, 0.3) is 0 Å². The van der Waals surface area contributed by atoms with Gasteiger partial charge in [-0.2, -0.15) is 0 Å². The molecular formula is C12H26N2O. The molecule has 0 aromatic rings. The molecular weight excluding hydrogens is 188 g/mol. The van der Waals surface area contributed by atoms with Gasteiger partial charge in [0.1, 0.15) is 0 Å². The average Bonchev–Trinajstić information content (AvgIpc) is 2.63. The van der Waals surface area contributed by atoms with Gasteiger partial charge in [0, 0.05) is 17.6 Å². The molecule has 0 aliphatic heterocycles. The van der Waals surface area contributed by atoms with Crippen LogP contribution in [0.15, 0.2) is 0 Å². The highest BCUT2D eigenvalue weighted by Gasteiger charge is 2.37. The quantitative estimate of drug-likeness (QED) is 0.726. The van der Waals surface area contributed by atoms with Crippen molar-refractivity contribution in [2.45, 2.75) is 63.6 Å². The van der Waals surface area contributed by atoms with E-state index in [2.05, 4.69) is 25.8 Å². The van der Waals surface area contributed by atoms with Gasteiger partial charge in [-0.25, -0.2) is 0 Å². The third kappa shape index (κ3) is 2.92. The van der Waals surface area contributed by atoms with E-state index in [1.165, 1.54) is 12.8 Å². The monoisotopic (exact) mass is 214 g/mol. The Hall–Kier alpha value is -0.120. The van der Waals surface area contributed by atoms with E-state index in [1.54, 1.807) is 0 Å². The van der Waals surface area contributed by atoms with Gasteiger partial charge in [0.25, 0.3) is 0 Å². The summed E-state index contributed by atoms with van der Waals surface area (Å²) < 4.78 is 0. The molecule has 0 aromatic heterocycles. The molecule has 1 rings (SSSR count). The van der Waals surface area contributed by atoms with Crippen molar-refractivity contribution in [3.63, 3.8) is 0 Å². The van der Waals surface area contributed by atoms with E-state index in [4.69, 9.17) is 5.73 Å². The lowest BCUT2D eigenvalue weighted by Gasteiger charge is -2.33. The van der Waals surface area contributed by atoms with E-state index in [1.807, 2.05) is 0 Å². The van der Waals surface area contributed by atoms with Crippen molar-refractivity contribution >= 4 is 0 Å². The fraction of sp³-hybridized carbons (Fsp3) is 1.00. The highest BCUT2D eigenvalue weighted by molar-refractivity contribution is 4.97. The Balaban J connectivity index is 2.52. The molecule has 90 valence electrons. The second-order valence-corrected chi connectivity index (χ2v) is 5.05. The average molecular weight is 214 g/mol. The summed E-state index contributed by atoms with van der Waals surface area (Å²) in [6.45, 7) is 4.60. The zero-order chi connectivity index (χ0) is 11.5. The summed E-state index contributed by atoms with van der Waals surface area (Å²) in [5.41, 5.74) is 5.78. The molecule has 2 unspecified atom stereocenters. The highest BCUT2D eigenvalue weighted by Crippen LogP contribution is 2.31. The van der Waals surface area contributed by atoms with Gasteiger partial charge in [-0.1, -0.05) is 13.8 Å². The minimum absolute atomic E-state index is 0.125. The van der Waals surface area contributed by atoms with E-state index in [0.29, 0.717) is 12.1 Å². The summed E-state index contributed by atoms with van der Waals surface area (Å²) in [5, 5.41) is 9.23. The van der Waals surface area contributed by atoms with Gasteiger partial charge >= 0.3 is 0 Å². The molecule has 0 heterocycles. The first-order chi connectivity index (χ1) is 7.06. The van der Waals surface area contributed by atoms with E-state index in [0.717, 1.165) is 19.3 Å². The topological polar surface area (TPSA) is 49.5 Å². The van der Waals surface area contributed by atoms with E-state index in [-0.39, 0.29) is 12.1 Å². The molecule has 1 aliphatic rings. The number of nitrogens with two attached hydrogens (primary N) is 1. The number of hydrogen-bond acceptors (Lipinski definition) is 3. The SMILES string of the molecule is CCC(CC)N(C)C1CCC(N)(CO)C1. The molecule has 0 aromatic carbocycles.